The summed E-state index contributed by atoms with van der Waals surface area (Å²) in [5.74, 6) is -2.45. The molecule has 2 aromatic rings. The van der Waals surface area contributed by atoms with Gasteiger partial charge in [-0.25, -0.2) is 4.79 Å². The van der Waals surface area contributed by atoms with Gasteiger partial charge in [-0.1, -0.05) is 30.3 Å². The Labute approximate surface area is 181 Å². The van der Waals surface area contributed by atoms with Crippen molar-refractivity contribution in [3.8, 4) is 11.5 Å². The molecule has 32 heavy (non-hydrogen) atoms. The Morgan fingerprint density at radius 2 is 1.69 bits per heavy atom. The van der Waals surface area contributed by atoms with Crippen LogP contribution in [0.2, 0.25) is 0 Å². The third-order valence-corrected chi connectivity index (χ3v) is 4.04. The third kappa shape index (κ3) is 7.82. The van der Waals surface area contributed by atoms with Gasteiger partial charge in [0.15, 0.2) is 24.7 Å². The van der Waals surface area contributed by atoms with E-state index >= 15 is 0 Å². The molecule has 172 valence electrons. The lowest BCUT2D eigenvalue weighted by atomic mass is 10.2. The van der Waals surface area contributed by atoms with Crippen LogP contribution < -0.4 is 15.2 Å². The Kier molecular flexibility index (Phi) is 8.45. The zero-order valence-corrected chi connectivity index (χ0v) is 17.1. The Morgan fingerprint density at radius 3 is 2.28 bits per heavy atom. The molecule has 2 aromatic carbocycles. The summed E-state index contributed by atoms with van der Waals surface area (Å²) in [6.45, 7) is -3.08. The quantitative estimate of drug-likeness (QED) is 0.552. The summed E-state index contributed by atoms with van der Waals surface area (Å²) in [5, 5.41) is 0. The second-order valence-electron chi connectivity index (χ2n) is 6.55. The highest BCUT2D eigenvalue weighted by atomic mass is 19.4. The van der Waals surface area contributed by atoms with Crippen LogP contribution in [0.1, 0.15) is 15.9 Å². The Morgan fingerprint density at radius 1 is 1.00 bits per heavy atom. The van der Waals surface area contributed by atoms with Crippen LogP contribution >= 0.6 is 0 Å². The summed E-state index contributed by atoms with van der Waals surface area (Å²) in [6.07, 6.45) is -4.62. The van der Waals surface area contributed by atoms with Crippen molar-refractivity contribution >= 4 is 17.8 Å². The summed E-state index contributed by atoms with van der Waals surface area (Å²) >= 11 is 0. The number of halogens is 3. The molecule has 2 amide bonds. The molecule has 11 heteroatoms. The molecule has 0 unspecified atom stereocenters. The van der Waals surface area contributed by atoms with E-state index in [1.54, 1.807) is 30.3 Å². The zero-order valence-electron chi connectivity index (χ0n) is 17.1. The van der Waals surface area contributed by atoms with Crippen molar-refractivity contribution in [3.05, 3.63) is 59.7 Å². The number of nitrogens with two attached hydrogens (primary N) is 1. The fourth-order valence-corrected chi connectivity index (χ4v) is 2.62. The van der Waals surface area contributed by atoms with Gasteiger partial charge in [0.05, 0.1) is 12.7 Å². The maximum Gasteiger partial charge on any atom is 0.406 e. The van der Waals surface area contributed by atoms with Crippen molar-refractivity contribution in [1.29, 1.82) is 0 Å². The van der Waals surface area contributed by atoms with Crippen molar-refractivity contribution < 1.29 is 41.8 Å². The van der Waals surface area contributed by atoms with E-state index in [1.165, 1.54) is 25.3 Å². The molecule has 0 heterocycles. The number of rotatable bonds is 10. The summed E-state index contributed by atoms with van der Waals surface area (Å²) in [7, 11) is 1.30. The zero-order chi connectivity index (χ0) is 23.7. The number of carbonyl (C=O) groups is 3. The van der Waals surface area contributed by atoms with E-state index in [0.29, 0.717) is 10.5 Å². The standard InChI is InChI=1S/C21H21F3N2O6/c1-30-17-9-15(7-8-16(17)31-11-18(25)27)20(29)32-12-19(28)26(13-21(22,23)24)10-14-5-3-2-4-6-14/h2-9H,10-13H2,1H3,(H2,25,27). The maximum atomic E-state index is 12.9. The molecular formula is C21H21F3N2O6. The first-order valence-corrected chi connectivity index (χ1v) is 9.23. The summed E-state index contributed by atoms with van der Waals surface area (Å²) in [4.78, 5) is 36.0. The van der Waals surface area contributed by atoms with Crippen molar-refractivity contribution in [3.63, 3.8) is 0 Å². The number of alkyl halides is 3. The molecule has 0 spiro atoms. The van der Waals surface area contributed by atoms with Gasteiger partial charge < -0.3 is 24.8 Å². The highest BCUT2D eigenvalue weighted by Gasteiger charge is 2.33. The topological polar surface area (TPSA) is 108 Å². The second-order valence-corrected chi connectivity index (χ2v) is 6.55. The fourth-order valence-electron chi connectivity index (χ4n) is 2.62. The van der Waals surface area contributed by atoms with Crippen LogP contribution in [-0.2, 0) is 20.9 Å². The van der Waals surface area contributed by atoms with Crippen LogP contribution in [0.15, 0.2) is 48.5 Å². The molecule has 0 saturated carbocycles. The molecule has 0 aliphatic heterocycles. The minimum atomic E-state index is -4.62. The monoisotopic (exact) mass is 454 g/mol. The largest absolute Gasteiger partial charge is 0.493 e. The van der Waals surface area contributed by atoms with Gasteiger partial charge in [0.25, 0.3) is 11.8 Å². The molecule has 0 aromatic heterocycles. The highest BCUT2D eigenvalue weighted by Crippen LogP contribution is 2.28. The van der Waals surface area contributed by atoms with Gasteiger partial charge in [0, 0.05) is 6.54 Å². The minimum Gasteiger partial charge on any atom is -0.493 e. The molecule has 0 bridgehead atoms. The summed E-state index contributed by atoms with van der Waals surface area (Å²) in [5.41, 5.74) is 5.46. The Hall–Kier alpha value is -3.76. The van der Waals surface area contributed by atoms with Crippen molar-refractivity contribution in [1.82, 2.24) is 4.90 Å². The summed E-state index contributed by atoms with van der Waals surface area (Å²) in [6, 6.07) is 12.0. The SMILES string of the molecule is COc1cc(C(=O)OCC(=O)N(Cc2ccccc2)CC(F)(F)F)ccc1OCC(N)=O. The average Bonchev–Trinajstić information content (AvgIpc) is 2.74. The molecule has 2 rings (SSSR count). The number of hydrogen-bond donors (Lipinski definition) is 1. The smallest absolute Gasteiger partial charge is 0.406 e. The lowest BCUT2D eigenvalue weighted by molar-refractivity contribution is -0.164. The first-order chi connectivity index (χ1) is 15.1. The van der Waals surface area contributed by atoms with Gasteiger partial charge in [-0.3, -0.25) is 9.59 Å². The lowest BCUT2D eigenvalue weighted by Gasteiger charge is -2.24. The van der Waals surface area contributed by atoms with E-state index < -0.39 is 43.7 Å². The Balaban J connectivity index is 2.05. The fraction of sp³-hybridized carbons (Fsp3) is 0.286. The summed E-state index contributed by atoms with van der Waals surface area (Å²) < 4.78 is 53.8. The predicted octanol–water partition coefficient (Wildman–Crippen LogP) is 2.31. The molecule has 0 aliphatic carbocycles. The van der Waals surface area contributed by atoms with E-state index in [2.05, 4.69) is 0 Å². The number of primary amides is 1. The molecule has 8 nitrogen and oxygen atoms in total. The normalized spacial score (nSPS) is 10.9. The van der Waals surface area contributed by atoms with Crippen molar-refractivity contribution in [2.45, 2.75) is 12.7 Å². The van der Waals surface area contributed by atoms with E-state index in [0.717, 1.165) is 0 Å². The first-order valence-electron chi connectivity index (χ1n) is 9.23. The number of amides is 2. The molecular weight excluding hydrogens is 433 g/mol. The van der Waals surface area contributed by atoms with Crippen molar-refractivity contribution in [2.75, 3.05) is 26.9 Å². The van der Waals surface area contributed by atoms with Gasteiger partial charge in [0.1, 0.15) is 6.54 Å². The van der Waals surface area contributed by atoms with E-state index in [-0.39, 0.29) is 23.6 Å². The van der Waals surface area contributed by atoms with Gasteiger partial charge in [-0.05, 0) is 23.8 Å². The number of esters is 1. The maximum absolute atomic E-state index is 12.9. The minimum absolute atomic E-state index is 0.0356. The number of ether oxygens (including phenoxy) is 3. The van der Waals surface area contributed by atoms with Gasteiger partial charge in [-0.15, -0.1) is 0 Å². The van der Waals surface area contributed by atoms with E-state index in [1.807, 2.05) is 0 Å². The molecule has 0 saturated heterocycles. The Bertz CT molecular complexity index is 950. The van der Waals surface area contributed by atoms with Crippen LogP contribution in [0.25, 0.3) is 0 Å². The van der Waals surface area contributed by atoms with Crippen molar-refractivity contribution in [2.24, 2.45) is 5.73 Å². The average molecular weight is 454 g/mol. The number of nitrogens with zero attached hydrogens (tertiary/aromatic N) is 1. The molecule has 0 aliphatic rings. The van der Waals surface area contributed by atoms with E-state index in [4.69, 9.17) is 19.9 Å². The van der Waals surface area contributed by atoms with Gasteiger partial charge >= 0.3 is 12.1 Å². The van der Waals surface area contributed by atoms with Gasteiger partial charge in [0.2, 0.25) is 0 Å². The number of carbonyl (C=O) groups excluding carboxylic acids is 3. The first kappa shape index (κ1) is 24.5. The van der Waals surface area contributed by atoms with E-state index in [9.17, 15) is 27.6 Å². The van der Waals surface area contributed by atoms with Crippen LogP contribution in [0.3, 0.4) is 0 Å². The molecule has 0 atom stereocenters. The van der Waals surface area contributed by atoms with Crippen LogP contribution in [-0.4, -0.2) is 55.7 Å². The second kappa shape index (κ2) is 11.0. The number of hydrogen-bond acceptors (Lipinski definition) is 6. The highest BCUT2D eigenvalue weighted by molar-refractivity contribution is 5.92. The van der Waals surface area contributed by atoms with Gasteiger partial charge in [-0.2, -0.15) is 13.2 Å². The molecule has 0 radical (unpaired) electrons. The van der Waals surface area contributed by atoms with Crippen LogP contribution in [0.4, 0.5) is 13.2 Å². The third-order valence-electron chi connectivity index (χ3n) is 4.04. The molecule has 2 N–H and O–H groups in total. The van der Waals surface area contributed by atoms with Crippen LogP contribution in [0, 0.1) is 0 Å². The predicted molar refractivity (Wildman–Crippen MR) is 106 cm³/mol. The number of methoxy groups -OCH3 is 1. The number of benzene rings is 2. The lowest BCUT2D eigenvalue weighted by Crippen LogP contribution is -2.40. The molecule has 0 fully saturated rings. The van der Waals surface area contributed by atoms with Crippen LogP contribution in [0.5, 0.6) is 11.5 Å².